The molecule has 0 unspecified atom stereocenters. The van der Waals surface area contributed by atoms with Crippen molar-refractivity contribution < 1.29 is 9.47 Å². The van der Waals surface area contributed by atoms with Gasteiger partial charge in [-0.25, -0.2) is 0 Å². The molecule has 0 spiro atoms. The van der Waals surface area contributed by atoms with Crippen molar-refractivity contribution >= 4 is 0 Å². The van der Waals surface area contributed by atoms with E-state index < -0.39 is 0 Å². The highest BCUT2D eigenvalue weighted by Gasteiger charge is 2.02. The highest BCUT2D eigenvalue weighted by molar-refractivity contribution is 5.65. The van der Waals surface area contributed by atoms with Gasteiger partial charge in [-0.2, -0.15) is 0 Å². The monoisotopic (exact) mass is 368 g/mol. The van der Waals surface area contributed by atoms with Crippen LogP contribution < -0.4 is 9.47 Å². The van der Waals surface area contributed by atoms with Crippen LogP contribution in [-0.2, 0) is 0 Å². The molecule has 28 heavy (non-hydrogen) atoms. The molecule has 0 aliphatic carbocycles. The molecule has 4 aromatic rings. The molecule has 4 nitrogen and oxygen atoms in total. The lowest BCUT2D eigenvalue weighted by Gasteiger charge is -2.10. The van der Waals surface area contributed by atoms with Crippen LogP contribution in [0.15, 0.2) is 97.6 Å². The highest BCUT2D eigenvalue weighted by Crippen LogP contribution is 2.24. The van der Waals surface area contributed by atoms with Crippen molar-refractivity contribution in [3.05, 3.63) is 97.6 Å². The average Bonchev–Trinajstić information content (AvgIpc) is 2.78. The van der Waals surface area contributed by atoms with E-state index in [4.69, 9.17) is 9.47 Å². The molecule has 2 heterocycles. The Morgan fingerprint density at radius 1 is 0.500 bits per heavy atom. The van der Waals surface area contributed by atoms with E-state index in [0.717, 1.165) is 33.8 Å². The van der Waals surface area contributed by atoms with E-state index >= 15 is 0 Å². The van der Waals surface area contributed by atoms with Gasteiger partial charge in [0.2, 0.25) is 0 Å². The fourth-order valence-electron chi connectivity index (χ4n) is 2.94. The molecule has 0 fully saturated rings. The Morgan fingerprint density at radius 2 is 0.929 bits per heavy atom. The Labute approximate surface area is 164 Å². The molecule has 0 saturated heterocycles. The van der Waals surface area contributed by atoms with Crippen LogP contribution >= 0.6 is 0 Å². The second-order valence-electron chi connectivity index (χ2n) is 6.22. The van der Waals surface area contributed by atoms with Crippen molar-refractivity contribution in [3.8, 4) is 33.8 Å². The lowest BCUT2D eigenvalue weighted by atomic mass is 10.1. The van der Waals surface area contributed by atoms with Crippen LogP contribution in [0, 0.1) is 0 Å². The predicted octanol–water partition coefficient (Wildman–Crippen LogP) is 5.27. The van der Waals surface area contributed by atoms with E-state index in [2.05, 4.69) is 22.1 Å². The highest BCUT2D eigenvalue weighted by atomic mass is 16.5. The van der Waals surface area contributed by atoms with Crippen LogP contribution in [0.3, 0.4) is 0 Å². The Bertz CT molecular complexity index is 936. The van der Waals surface area contributed by atoms with Gasteiger partial charge in [-0.05, 0) is 70.8 Å². The summed E-state index contributed by atoms with van der Waals surface area (Å²) < 4.78 is 11.7. The second kappa shape index (κ2) is 8.82. The molecular weight excluding hydrogens is 348 g/mol. The van der Waals surface area contributed by atoms with Crippen LogP contribution in [0.4, 0.5) is 0 Å². The molecule has 2 aromatic heterocycles. The van der Waals surface area contributed by atoms with Gasteiger partial charge in [0, 0.05) is 24.8 Å². The van der Waals surface area contributed by atoms with Gasteiger partial charge in [0.25, 0.3) is 0 Å². The molecule has 0 aliphatic heterocycles. The minimum absolute atomic E-state index is 0.472. The van der Waals surface area contributed by atoms with E-state index in [1.54, 1.807) is 24.8 Å². The fourth-order valence-corrected chi connectivity index (χ4v) is 2.94. The van der Waals surface area contributed by atoms with Gasteiger partial charge < -0.3 is 9.47 Å². The maximum atomic E-state index is 5.86. The van der Waals surface area contributed by atoms with E-state index in [0.29, 0.717) is 13.2 Å². The normalized spacial score (nSPS) is 10.4. The van der Waals surface area contributed by atoms with Crippen molar-refractivity contribution in [1.82, 2.24) is 9.97 Å². The summed E-state index contributed by atoms with van der Waals surface area (Å²) in [4.78, 5) is 8.11. The molecule has 0 radical (unpaired) electrons. The van der Waals surface area contributed by atoms with Gasteiger partial charge >= 0.3 is 0 Å². The van der Waals surface area contributed by atoms with Crippen LogP contribution in [0.25, 0.3) is 22.3 Å². The first-order chi connectivity index (χ1) is 13.9. The lowest BCUT2D eigenvalue weighted by Crippen LogP contribution is -2.09. The first-order valence-electron chi connectivity index (χ1n) is 9.15. The number of rotatable bonds is 7. The maximum Gasteiger partial charge on any atom is 0.122 e. The maximum absolute atomic E-state index is 5.86. The minimum Gasteiger partial charge on any atom is -0.490 e. The summed E-state index contributed by atoms with van der Waals surface area (Å²) in [5, 5.41) is 0. The molecule has 0 atom stereocenters. The molecule has 2 aromatic carbocycles. The molecule has 0 amide bonds. The lowest BCUT2D eigenvalue weighted by molar-refractivity contribution is 0.217. The zero-order valence-corrected chi connectivity index (χ0v) is 15.4. The van der Waals surface area contributed by atoms with Gasteiger partial charge in [0.1, 0.15) is 24.7 Å². The van der Waals surface area contributed by atoms with Gasteiger partial charge in [0.15, 0.2) is 0 Å². The van der Waals surface area contributed by atoms with Crippen molar-refractivity contribution in [3.63, 3.8) is 0 Å². The molecule has 0 N–H and O–H groups in total. The molecule has 4 rings (SSSR count). The Hall–Kier alpha value is -3.66. The summed E-state index contributed by atoms with van der Waals surface area (Å²) in [6.45, 7) is 0.943. The average molecular weight is 368 g/mol. The molecule has 0 aliphatic rings. The van der Waals surface area contributed by atoms with Crippen LogP contribution in [0.1, 0.15) is 0 Å². The summed E-state index contributed by atoms with van der Waals surface area (Å²) in [6, 6.07) is 24.0. The molecule has 0 bridgehead atoms. The van der Waals surface area contributed by atoms with Gasteiger partial charge in [-0.1, -0.05) is 24.3 Å². The Balaban J connectivity index is 1.33. The number of benzene rings is 2. The largest absolute Gasteiger partial charge is 0.490 e. The first kappa shape index (κ1) is 17.7. The van der Waals surface area contributed by atoms with Crippen molar-refractivity contribution in [2.24, 2.45) is 0 Å². The second-order valence-corrected chi connectivity index (χ2v) is 6.22. The minimum atomic E-state index is 0.472. The molecular formula is C24H20N2O2. The number of hydrogen-bond acceptors (Lipinski definition) is 4. The molecule has 138 valence electrons. The van der Waals surface area contributed by atoms with Gasteiger partial charge in [0.05, 0.1) is 0 Å². The third-order valence-electron chi connectivity index (χ3n) is 4.32. The fraction of sp³-hybridized carbons (Fsp3) is 0.0833. The van der Waals surface area contributed by atoms with Crippen LogP contribution in [0.2, 0.25) is 0 Å². The standard InChI is InChI=1S/C24H20N2O2/c1-3-21(19-7-11-25-12-8-19)17-23(5-1)27-15-16-28-24-6-2-4-22(18-24)20-9-13-26-14-10-20/h1-14,17-18H,15-16H2. The zero-order chi connectivity index (χ0) is 19.0. The van der Waals surface area contributed by atoms with E-state index in [-0.39, 0.29) is 0 Å². The summed E-state index contributed by atoms with van der Waals surface area (Å²) in [5.74, 6) is 1.65. The SMILES string of the molecule is c1cc(OCCOc2cccc(-c3ccncc3)c2)cc(-c2ccncc2)c1. The number of hydrogen-bond donors (Lipinski definition) is 0. The number of pyridine rings is 2. The molecule has 0 saturated carbocycles. The first-order valence-corrected chi connectivity index (χ1v) is 9.15. The summed E-state index contributed by atoms with van der Waals surface area (Å²) >= 11 is 0. The Kier molecular flexibility index (Phi) is 5.59. The Morgan fingerprint density at radius 3 is 1.36 bits per heavy atom. The van der Waals surface area contributed by atoms with Crippen LogP contribution in [-0.4, -0.2) is 23.2 Å². The van der Waals surface area contributed by atoms with Gasteiger partial charge in [-0.15, -0.1) is 0 Å². The predicted molar refractivity (Wildman–Crippen MR) is 110 cm³/mol. The quantitative estimate of drug-likeness (QED) is 0.417. The summed E-state index contributed by atoms with van der Waals surface area (Å²) in [7, 11) is 0. The van der Waals surface area contributed by atoms with Crippen molar-refractivity contribution in [2.45, 2.75) is 0 Å². The third kappa shape index (κ3) is 4.54. The van der Waals surface area contributed by atoms with Crippen molar-refractivity contribution in [1.29, 1.82) is 0 Å². The van der Waals surface area contributed by atoms with E-state index in [9.17, 15) is 0 Å². The third-order valence-corrected chi connectivity index (χ3v) is 4.32. The summed E-state index contributed by atoms with van der Waals surface area (Å²) in [5.41, 5.74) is 4.44. The number of ether oxygens (including phenoxy) is 2. The number of aromatic nitrogens is 2. The summed E-state index contributed by atoms with van der Waals surface area (Å²) in [6.07, 6.45) is 7.15. The van der Waals surface area contributed by atoms with Gasteiger partial charge in [-0.3, -0.25) is 9.97 Å². The van der Waals surface area contributed by atoms with E-state index in [1.807, 2.05) is 60.7 Å². The zero-order valence-electron chi connectivity index (χ0n) is 15.4. The van der Waals surface area contributed by atoms with Crippen LogP contribution in [0.5, 0.6) is 11.5 Å². The smallest absolute Gasteiger partial charge is 0.122 e. The van der Waals surface area contributed by atoms with Crippen molar-refractivity contribution in [2.75, 3.05) is 13.2 Å². The molecule has 4 heteroatoms. The number of nitrogens with zero attached hydrogens (tertiary/aromatic N) is 2. The topological polar surface area (TPSA) is 44.2 Å². The van der Waals surface area contributed by atoms with E-state index in [1.165, 1.54) is 0 Å².